The lowest BCUT2D eigenvalue weighted by molar-refractivity contribution is -0.385. The average Bonchev–Trinajstić information content (AvgIpc) is 2.63. The Bertz CT molecular complexity index is 599. The number of para-hydroxylation sites is 1. The molecule has 6 heteroatoms. The maximum Gasteiger partial charge on any atom is 0.276 e. The van der Waals surface area contributed by atoms with Gasteiger partial charge in [-0.05, 0) is 31.4 Å². The topological polar surface area (TPSA) is 58.9 Å². The zero-order valence-electron chi connectivity index (χ0n) is 14.7. The molecule has 2 saturated heterocycles. The van der Waals surface area contributed by atoms with E-state index in [1.54, 1.807) is 18.2 Å². The Morgan fingerprint density at radius 3 is 2.80 bits per heavy atom. The van der Waals surface area contributed by atoms with Crippen LogP contribution < -0.4 is 0 Å². The van der Waals surface area contributed by atoms with Gasteiger partial charge in [-0.1, -0.05) is 24.3 Å². The van der Waals surface area contributed by atoms with Crippen molar-refractivity contribution in [3.8, 4) is 0 Å². The largest absolute Gasteiger partial charge is 0.379 e. The van der Waals surface area contributed by atoms with E-state index in [4.69, 9.17) is 4.74 Å². The van der Waals surface area contributed by atoms with Crippen LogP contribution in [0.3, 0.4) is 0 Å². The Hall–Kier alpha value is -1.76. The first-order chi connectivity index (χ1) is 12.2. The van der Waals surface area contributed by atoms with Crippen LogP contribution in [0.2, 0.25) is 0 Å². The normalized spacial score (nSPS) is 23.1. The van der Waals surface area contributed by atoms with Crippen LogP contribution in [-0.4, -0.2) is 67.2 Å². The van der Waals surface area contributed by atoms with E-state index in [1.807, 2.05) is 12.1 Å². The van der Waals surface area contributed by atoms with Crippen molar-refractivity contribution < 1.29 is 9.66 Å². The van der Waals surface area contributed by atoms with Crippen molar-refractivity contribution in [3.63, 3.8) is 0 Å². The molecular weight excluding hydrogens is 318 g/mol. The summed E-state index contributed by atoms with van der Waals surface area (Å²) in [7, 11) is 0. The summed E-state index contributed by atoms with van der Waals surface area (Å²) >= 11 is 0. The van der Waals surface area contributed by atoms with Crippen molar-refractivity contribution in [2.45, 2.75) is 12.8 Å². The highest BCUT2D eigenvalue weighted by Gasteiger charge is 2.22. The summed E-state index contributed by atoms with van der Waals surface area (Å²) in [6, 6.07) is 6.90. The van der Waals surface area contributed by atoms with Crippen LogP contribution in [0.5, 0.6) is 0 Å². The summed E-state index contributed by atoms with van der Waals surface area (Å²) < 4.78 is 5.42. The predicted molar refractivity (Wildman–Crippen MR) is 98.6 cm³/mol. The van der Waals surface area contributed by atoms with Crippen LogP contribution in [0.25, 0.3) is 6.08 Å². The maximum atomic E-state index is 11.1. The summed E-state index contributed by atoms with van der Waals surface area (Å²) in [6.45, 7) is 8.05. The molecule has 2 aliphatic heterocycles. The molecule has 0 saturated carbocycles. The van der Waals surface area contributed by atoms with Crippen LogP contribution in [0.1, 0.15) is 18.4 Å². The van der Waals surface area contributed by atoms with Gasteiger partial charge in [-0.15, -0.1) is 0 Å². The lowest BCUT2D eigenvalue weighted by Gasteiger charge is -2.36. The van der Waals surface area contributed by atoms with Gasteiger partial charge in [0.05, 0.1) is 23.7 Å². The number of hydrogen-bond acceptors (Lipinski definition) is 5. The fourth-order valence-electron chi connectivity index (χ4n) is 3.74. The molecule has 3 rings (SSSR count). The molecule has 0 radical (unpaired) electrons. The second-order valence-electron chi connectivity index (χ2n) is 6.90. The third-order valence-corrected chi connectivity index (χ3v) is 5.02. The van der Waals surface area contributed by atoms with Crippen LogP contribution in [0.15, 0.2) is 30.3 Å². The van der Waals surface area contributed by atoms with E-state index in [0.29, 0.717) is 11.5 Å². The van der Waals surface area contributed by atoms with Gasteiger partial charge in [-0.25, -0.2) is 0 Å². The summed E-state index contributed by atoms with van der Waals surface area (Å²) in [5, 5.41) is 11.1. The van der Waals surface area contributed by atoms with E-state index in [2.05, 4.69) is 15.9 Å². The zero-order chi connectivity index (χ0) is 17.5. The van der Waals surface area contributed by atoms with Gasteiger partial charge in [-0.2, -0.15) is 0 Å². The van der Waals surface area contributed by atoms with Crippen LogP contribution in [0, 0.1) is 16.0 Å². The number of nitrogens with zero attached hydrogens (tertiary/aromatic N) is 3. The second kappa shape index (κ2) is 9.08. The Morgan fingerprint density at radius 1 is 1.20 bits per heavy atom. The van der Waals surface area contributed by atoms with E-state index in [0.717, 1.165) is 52.5 Å². The number of likely N-dealkylation sites (tertiary alicyclic amines) is 1. The van der Waals surface area contributed by atoms with E-state index in [1.165, 1.54) is 12.8 Å². The minimum absolute atomic E-state index is 0.169. The molecule has 0 N–H and O–H groups in total. The Kier molecular flexibility index (Phi) is 6.55. The van der Waals surface area contributed by atoms with Crippen molar-refractivity contribution in [1.82, 2.24) is 9.80 Å². The van der Waals surface area contributed by atoms with E-state index in [-0.39, 0.29) is 10.6 Å². The van der Waals surface area contributed by atoms with Crippen molar-refractivity contribution in [1.29, 1.82) is 0 Å². The molecule has 0 aromatic heterocycles. The second-order valence-corrected chi connectivity index (χ2v) is 6.90. The number of nitro groups is 1. The number of benzene rings is 1. The van der Waals surface area contributed by atoms with Crippen LogP contribution >= 0.6 is 0 Å². The molecule has 1 aromatic rings. The fraction of sp³-hybridized carbons (Fsp3) is 0.579. The number of nitro benzene ring substituents is 1. The number of rotatable bonds is 6. The van der Waals surface area contributed by atoms with Crippen molar-refractivity contribution in [3.05, 3.63) is 46.0 Å². The summed E-state index contributed by atoms with van der Waals surface area (Å²) in [5.74, 6) is 0.714. The van der Waals surface area contributed by atoms with Gasteiger partial charge < -0.3 is 4.74 Å². The van der Waals surface area contributed by atoms with Crippen molar-refractivity contribution in [2.75, 3.05) is 52.5 Å². The lowest BCUT2D eigenvalue weighted by atomic mass is 9.97. The van der Waals surface area contributed by atoms with Crippen molar-refractivity contribution >= 4 is 11.8 Å². The molecule has 0 bridgehead atoms. The molecule has 2 fully saturated rings. The van der Waals surface area contributed by atoms with Crippen molar-refractivity contribution in [2.24, 2.45) is 5.92 Å². The first-order valence-corrected chi connectivity index (χ1v) is 9.15. The monoisotopic (exact) mass is 345 g/mol. The molecule has 6 nitrogen and oxygen atoms in total. The lowest BCUT2D eigenvalue weighted by Crippen LogP contribution is -2.44. The van der Waals surface area contributed by atoms with Gasteiger partial charge in [0.15, 0.2) is 0 Å². The van der Waals surface area contributed by atoms with Gasteiger partial charge in [0.2, 0.25) is 0 Å². The Balaban J connectivity index is 1.50. The molecule has 136 valence electrons. The smallest absolute Gasteiger partial charge is 0.276 e. The van der Waals surface area contributed by atoms with Crippen LogP contribution in [0.4, 0.5) is 5.69 Å². The van der Waals surface area contributed by atoms with E-state index >= 15 is 0 Å². The highest BCUT2D eigenvalue weighted by molar-refractivity contribution is 5.60. The highest BCUT2D eigenvalue weighted by atomic mass is 16.6. The molecule has 0 amide bonds. The van der Waals surface area contributed by atoms with Gasteiger partial charge >= 0.3 is 0 Å². The minimum atomic E-state index is -0.321. The molecule has 0 aliphatic carbocycles. The number of ether oxygens (including phenoxy) is 1. The van der Waals surface area contributed by atoms with E-state index < -0.39 is 0 Å². The summed E-state index contributed by atoms with van der Waals surface area (Å²) in [5.41, 5.74) is 0.844. The molecule has 1 aromatic carbocycles. The highest BCUT2D eigenvalue weighted by Crippen LogP contribution is 2.20. The summed E-state index contributed by atoms with van der Waals surface area (Å²) in [6.07, 6.45) is 6.46. The predicted octanol–water partition coefficient (Wildman–Crippen LogP) is 2.65. The van der Waals surface area contributed by atoms with Gasteiger partial charge in [0.1, 0.15) is 0 Å². The molecule has 1 unspecified atom stereocenters. The molecule has 0 spiro atoms. The van der Waals surface area contributed by atoms with Crippen LogP contribution in [-0.2, 0) is 4.74 Å². The average molecular weight is 345 g/mol. The SMILES string of the molecule is O=[N+]([O-])c1ccccc1/C=C/CN1CCCC(CN2CCOCC2)C1. The number of piperidine rings is 1. The molecule has 2 heterocycles. The van der Waals surface area contributed by atoms with Gasteiger partial charge in [0.25, 0.3) is 5.69 Å². The fourth-order valence-corrected chi connectivity index (χ4v) is 3.74. The molecule has 1 atom stereocenters. The molecule has 2 aliphatic rings. The third kappa shape index (κ3) is 5.36. The molecular formula is C19H27N3O3. The number of morpholine rings is 1. The standard InChI is InChI=1S/C19H27N3O3/c23-22(24)19-8-2-1-6-18(19)7-4-10-20-9-3-5-17(15-20)16-21-11-13-25-14-12-21/h1-2,4,6-8,17H,3,5,9-16H2/b7-4+. The quantitative estimate of drug-likeness (QED) is 0.586. The van der Waals surface area contributed by atoms with Gasteiger partial charge in [0, 0.05) is 38.8 Å². The van der Waals surface area contributed by atoms with Gasteiger partial charge in [-0.3, -0.25) is 19.9 Å². The maximum absolute atomic E-state index is 11.1. The zero-order valence-corrected chi connectivity index (χ0v) is 14.7. The summed E-state index contributed by atoms with van der Waals surface area (Å²) in [4.78, 5) is 15.7. The molecule has 25 heavy (non-hydrogen) atoms. The first kappa shape index (κ1) is 18.0. The number of hydrogen-bond donors (Lipinski definition) is 0. The minimum Gasteiger partial charge on any atom is -0.379 e. The van der Waals surface area contributed by atoms with E-state index in [9.17, 15) is 10.1 Å². The third-order valence-electron chi connectivity index (χ3n) is 5.02. The Morgan fingerprint density at radius 2 is 2.00 bits per heavy atom. The Labute approximate surface area is 149 Å². The first-order valence-electron chi connectivity index (χ1n) is 9.15.